The molecule has 2 N–H and O–H groups in total. The zero-order valence-electron chi connectivity index (χ0n) is 14.6. The first-order valence-corrected chi connectivity index (χ1v) is 8.85. The molecule has 0 spiro atoms. The van der Waals surface area contributed by atoms with Crippen LogP contribution in [0.2, 0.25) is 5.02 Å². The summed E-state index contributed by atoms with van der Waals surface area (Å²) in [5.41, 5.74) is 1.60. The van der Waals surface area contributed by atoms with E-state index < -0.39 is 0 Å². The Morgan fingerprint density at radius 2 is 2.12 bits per heavy atom. The minimum Gasteiger partial charge on any atom is -0.356 e. The van der Waals surface area contributed by atoms with E-state index in [2.05, 4.69) is 10.6 Å². The van der Waals surface area contributed by atoms with Gasteiger partial charge in [-0.3, -0.25) is 4.79 Å². The molecule has 1 atom stereocenters. The Hall–Kier alpha value is -1.75. The second-order valence-corrected chi connectivity index (χ2v) is 7.10. The fourth-order valence-corrected chi connectivity index (χ4v) is 2.98. The van der Waals surface area contributed by atoms with Crippen LogP contribution in [0.15, 0.2) is 18.2 Å². The lowest BCUT2D eigenvalue weighted by Gasteiger charge is -2.33. The molecule has 24 heavy (non-hydrogen) atoms. The number of hydrogen-bond acceptors (Lipinski definition) is 2. The van der Waals surface area contributed by atoms with Crippen molar-refractivity contribution in [3.8, 4) is 0 Å². The molecule has 1 aromatic rings. The van der Waals surface area contributed by atoms with E-state index in [4.69, 9.17) is 11.6 Å². The highest BCUT2D eigenvalue weighted by atomic mass is 35.5. The first kappa shape index (κ1) is 18.6. The van der Waals surface area contributed by atoms with Crippen LogP contribution in [0.4, 0.5) is 10.5 Å². The predicted molar refractivity (Wildman–Crippen MR) is 97.4 cm³/mol. The van der Waals surface area contributed by atoms with Gasteiger partial charge in [-0.05, 0) is 43.4 Å². The van der Waals surface area contributed by atoms with E-state index in [-0.39, 0.29) is 17.9 Å². The van der Waals surface area contributed by atoms with Crippen LogP contribution in [-0.2, 0) is 4.79 Å². The molecule has 1 heterocycles. The van der Waals surface area contributed by atoms with E-state index in [1.807, 2.05) is 37.8 Å². The Bertz CT molecular complexity index is 604. The summed E-state index contributed by atoms with van der Waals surface area (Å²) in [6.07, 6.45) is 1.97. The van der Waals surface area contributed by atoms with Gasteiger partial charge < -0.3 is 15.5 Å². The highest BCUT2D eigenvalue weighted by molar-refractivity contribution is 6.31. The zero-order valence-corrected chi connectivity index (χ0v) is 15.3. The summed E-state index contributed by atoms with van der Waals surface area (Å²) in [5, 5.41) is 6.54. The monoisotopic (exact) mass is 351 g/mol. The van der Waals surface area contributed by atoms with Gasteiger partial charge in [0.15, 0.2) is 0 Å². The molecule has 0 saturated carbocycles. The number of halogens is 1. The quantitative estimate of drug-likeness (QED) is 0.869. The fourth-order valence-electron chi connectivity index (χ4n) is 2.80. The Kier molecular flexibility index (Phi) is 6.49. The molecule has 5 nitrogen and oxygen atoms in total. The lowest BCUT2D eigenvalue weighted by Crippen LogP contribution is -2.45. The van der Waals surface area contributed by atoms with Crippen molar-refractivity contribution in [1.29, 1.82) is 0 Å². The molecule has 3 amide bonds. The van der Waals surface area contributed by atoms with E-state index in [9.17, 15) is 9.59 Å². The van der Waals surface area contributed by atoms with Crippen molar-refractivity contribution in [3.05, 3.63) is 28.8 Å². The van der Waals surface area contributed by atoms with Crippen LogP contribution in [0.25, 0.3) is 0 Å². The van der Waals surface area contributed by atoms with Crippen LogP contribution in [0, 0.1) is 18.8 Å². The van der Waals surface area contributed by atoms with E-state index in [0.717, 1.165) is 30.6 Å². The topological polar surface area (TPSA) is 61.4 Å². The van der Waals surface area contributed by atoms with Gasteiger partial charge in [-0.2, -0.15) is 0 Å². The van der Waals surface area contributed by atoms with Crippen LogP contribution < -0.4 is 10.6 Å². The van der Waals surface area contributed by atoms with Crippen molar-refractivity contribution in [2.24, 2.45) is 11.8 Å². The second-order valence-electron chi connectivity index (χ2n) is 6.70. The van der Waals surface area contributed by atoms with Gasteiger partial charge in [0.25, 0.3) is 0 Å². The second kappa shape index (κ2) is 8.38. The smallest absolute Gasteiger partial charge is 0.321 e. The summed E-state index contributed by atoms with van der Waals surface area (Å²) in [5.74, 6) is 0.345. The van der Waals surface area contributed by atoms with Crippen LogP contribution >= 0.6 is 11.6 Å². The number of piperidine rings is 1. The van der Waals surface area contributed by atoms with Gasteiger partial charge in [-0.15, -0.1) is 0 Å². The Labute approximate surface area is 148 Å². The third-order valence-corrected chi connectivity index (χ3v) is 4.81. The molecular weight excluding hydrogens is 326 g/mol. The van der Waals surface area contributed by atoms with Crippen LogP contribution in [0.5, 0.6) is 0 Å². The maximum atomic E-state index is 12.5. The highest BCUT2D eigenvalue weighted by Gasteiger charge is 2.24. The van der Waals surface area contributed by atoms with Gasteiger partial charge in [0.1, 0.15) is 0 Å². The Balaban J connectivity index is 1.90. The molecule has 0 aliphatic carbocycles. The van der Waals surface area contributed by atoms with Crippen LogP contribution in [-0.4, -0.2) is 36.5 Å². The molecule has 1 aliphatic heterocycles. The van der Waals surface area contributed by atoms with E-state index in [1.54, 1.807) is 6.07 Å². The molecule has 0 aromatic heterocycles. The molecule has 6 heteroatoms. The number of hydrogen-bond donors (Lipinski definition) is 2. The van der Waals surface area contributed by atoms with Crippen molar-refractivity contribution >= 4 is 29.2 Å². The number of anilines is 1. The van der Waals surface area contributed by atoms with Crippen molar-refractivity contribution in [1.82, 2.24) is 10.2 Å². The first-order chi connectivity index (χ1) is 11.4. The molecule has 0 bridgehead atoms. The number of carbonyl (C=O) groups is 2. The standard InChI is InChI=1S/C18H26ClN3O2/c1-12(2)17(23)20-10-14-6-5-9-22(11-14)18(24)21-16-8-4-7-15(19)13(16)3/h4,7-8,12,14H,5-6,9-11H2,1-3H3,(H,20,23)(H,21,24). The number of urea groups is 1. The first-order valence-electron chi connectivity index (χ1n) is 8.47. The van der Waals surface area contributed by atoms with Crippen molar-refractivity contribution in [3.63, 3.8) is 0 Å². The number of likely N-dealkylation sites (tertiary alicyclic amines) is 1. The highest BCUT2D eigenvalue weighted by Crippen LogP contribution is 2.24. The molecule has 1 aliphatic rings. The largest absolute Gasteiger partial charge is 0.356 e. The third kappa shape index (κ3) is 4.87. The Morgan fingerprint density at radius 1 is 1.38 bits per heavy atom. The van der Waals surface area contributed by atoms with Crippen molar-refractivity contribution in [2.45, 2.75) is 33.6 Å². The molecule has 1 saturated heterocycles. The zero-order chi connectivity index (χ0) is 17.7. The van der Waals surface area contributed by atoms with Crippen molar-refractivity contribution < 1.29 is 9.59 Å². The maximum absolute atomic E-state index is 12.5. The average molecular weight is 352 g/mol. The predicted octanol–water partition coefficient (Wildman–Crippen LogP) is 3.66. The lowest BCUT2D eigenvalue weighted by molar-refractivity contribution is -0.124. The minimum atomic E-state index is -0.111. The average Bonchev–Trinajstić information content (AvgIpc) is 2.57. The summed E-state index contributed by atoms with van der Waals surface area (Å²) in [6.45, 7) is 7.66. The van der Waals surface area contributed by atoms with Crippen LogP contribution in [0.3, 0.4) is 0 Å². The third-order valence-electron chi connectivity index (χ3n) is 4.40. The summed E-state index contributed by atoms with van der Waals surface area (Å²) in [7, 11) is 0. The van der Waals surface area contributed by atoms with Gasteiger partial charge in [-0.25, -0.2) is 4.79 Å². The molecule has 1 fully saturated rings. The van der Waals surface area contributed by atoms with Crippen molar-refractivity contribution in [2.75, 3.05) is 25.0 Å². The number of benzene rings is 1. The number of rotatable bonds is 4. The van der Waals surface area contributed by atoms with Gasteiger partial charge in [0.05, 0.1) is 0 Å². The summed E-state index contributed by atoms with van der Waals surface area (Å²) >= 11 is 6.10. The maximum Gasteiger partial charge on any atom is 0.321 e. The summed E-state index contributed by atoms with van der Waals surface area (Å²) in [4.78, 5) is 26.0. The minimum absolute atomic E-state index is 0.0150. The molecule has 2 rings (SSSR count). The van der Waals surface area contributed by atoms with E-state index in [1.165, 1.54) is 0 Å². The molecule has 0 radical (unpaired) electrons. The number of nitrogens with one attached hydrogen (secondary N) is 2. The van der Waals surface area contributed by atoms with E-state index in [0.29, 0.717) is 24.0 Å². The van der Waals surface area contributed by atoms with Crippen LogP contribution in [0.1, 0.15) is 32.3 Å². The normalized spacial score (nSPS) is 17.7. The Morgan fingerprint density at radius 3 is 2.83 bits per heavy atom. The molecular formula is C18H26ClN3O2. The van der Waals surface area contributed by atoms with Gasteiger partial charge >= 0.3 is 6.03 Å². The van der Waals surface area contributed by atoms with E-state index >= 15 is 0 Å². The lowest BCUT2D eigenvalue weighted by atomic mass is 9.98. The molecule has 132 valence electrons. The molecule has 1 unspecified atom stereocenters. The van der Waals surface area contributed by atoms with Gasteiger partial charge in [0, 0.05) is 36.3 Å². The van der Waals surface area contributed by atoms with Gasteiger partial charge in [-0.1, -0.05) is 31.5 Å². The number of amides is 3. The molecule has 1 aromatic carbocycles. The summed E-state index contributed by atoms with van der Waals surface area (Å²) < 4.78 is 0. The summed E-state index contributed by atoms with van der Waals surface area (Å²) in [6, 6.07) is 5.37. The number of nitrogens with zero attached hydrogens (tertiary/aromatic N) is 1. The SMILES string of the molecule is Cc1c(Cl)cccc1NC(=O)N1CCCC(CNC(=O)C(C)C)C1. The number of carbonyl (C=O) groups excluding carboxylic acids is 2. The fraction of sp³-hybridized carbons (Fsp3) is 0.556. The van der Waals surface area contributed by atoms with Gasteiger partial charge in [0.2, 0.25) is 5.91 Å².